The van der Waals surface area contributed by atoms with Gasteiger partial charge in [-0.15, -0.1) is 0 Å². The molecule has 3 aromatic rings. The average molecular weight is 428 g/mol. The molecule has 0 aliphatic rings. The quantitative estimate of drug-likeness (QED) is 0.301. The first-order valence-corrected chi connectivity index (χ1v) is 9.02. The molecule has 162 valence electrons. The first-order valence-electron chi connectivity index (χ1n) is 9.02. The summed E-state index contributed by atoms with van der Waals surface area (Å²) in [6.45, 7) is 1.55. The number of ether oxygens (including phenoxy) is 2. The number of oxime groups is 1. The first kappa shape index (κ1) is 21.5. The first-order chi connectivity index (χ1) is 14.9. The van der Waals surface area contributed by atoms with Gasteiger partial charge in [0.15, 0.2) is 5.75 Å². The molecule has 0 radical (unpaired) electrons. The van der Waals surface area contributed by atoms with Crippen LogP contribution in [-0.4, -0.2) is 44.6 Å². The lowest BCUT2D eigenvalue weighted by molar-refractivity contribution is -0.386. The zero-order valence-corrected chi connectivity index (χ0v) is 17.3. The molecule has 0 unspecified atom stereocenters. The zero-order valence-electron chi connectivity index (χ0n) is 17.3. The van der Waals surface area contributed by atoms with E-state index in [2.05, 4.69) is 15.6 Å². The summed E-state index contributed by atoms with van der Waals surface area (Å²) in [6.07, 6.45) is 0. The van der Waals surface area contributed by atoms with E-state index in [0.717, 1.165) is 9.36 Å². The number of methoxy groups -OCH3 is 1. The van der Waals surface area contributed by atoms with Crippen molar-refractivity contribution in [2.24, 2.45) is 12.2 Å². The molecule has 0 saturated heterocycles. The van der Waals surface area contributed by atoms with Gasteiger partial charge in [-0.25, -0.2) is 4.79 Å². The lowest BCUT2D eigenvalue weighted by Gasteiger charge is -2.14. The number of benzene rings is 2. The highest BCUT2D eigenvalue weighted by Crippen LogP contribution is 2.31. The van der Waals surface area contributed by atoms with Crippen LogP contribution in [0.15, 0.2) is 46.3 Å². The summed E-state index contributed by atoms with van der Waals surface area (Å²) < 4.78 is 13.3. The molecule has 0 atom stereocenters. The van der Waals surface area contributed by atoms with Gasteiger partial charge in [0.1, 0.15) is 19.5 Å². The summed E-state index contributed by atoms with van der Waals surface area (Å²) in [7, 11) is 4.34. The van der Waals surface area contributed by atoms with Crippen LogP contribution in [0, 0.1) is 10.1 Å². The fourth-order valence-electron chi connectivity index (χ4n) is 2.90. The van der Waals surface area contributed by atoms with E-state index in [4.69, 9.17) is 14.3 Å². The molecule has 0 aliphatic carbocycles. The lowest BCUT2D eigenvalue weighted by atomic mass is 10.1. The van der Waals surface area contributed by atoms with Crippen LogP contribution in [0.5, 0.6) is 11.5 Å². The Morgan fingerprint density at radius 3 is 2.58 bits per heavy atom. The summed E-state index contributed by atoms with van der Waals surface area (Å²) in [5, 5.41) is 22.9. The number of aromatic nitrogens is 4. The highest BCUT2D eigenvalue weighted by molar-refractivity contribution is 5.99. The second-order valence-corrected chi connectivity index (χ2v) is 6.34. The predicted molar refractivity (Wildman–Crippen MR) is 110 cm³/mol. The average Bonchev–Trinajstić information content (AvgIpc) is 3.10. The molecule has 0 amide bonds. The summed E-state index contributed by atoms with van der Waals surface area (Å²) in [4.78, 5) is 28.1. The minimum Gasteiger partial charge on any atom is -0.496 e. The topological polar surface area (TPSA) is 136 Å². The molecule has 0 fully saturated rings. The fourth-order valence-corrected chi connectivity index (χ4v) is 2.90. The van der Waals surface area contributed by atoms with Crippen LogP contribution in [0.1, 0.15) is 18.1 Å². The number of nitrogens with zero attached hydrogens (tertiary/aromatic N) is 6. The minimum atomic E-state index is -0.546. The van der Waals surface area contributed by atoms with Gasteiger partial charge in [-0.2, -0.15) is 9.36 Å². The molecular formula is C19H20N6O6. The molecule has 12 nitrogen and oxygen atoms in total. The van der Waals surface area contributed by atoms with Crippen molar-refractivity contribution in [2.75, 3.05) is 14.2 Å². The van der Waals surface area contributed by atoms with Gasteiger partial charge in [-0.3, -0.25) is 10.1 Å². The van der Waals surface area contributed by atoms with Crippen molar-refractivity contribution < 1.29 is 19.2 Å². The van der Waals surface area contributed by atoms with Gasteiger partial charge in [0.2, 0.25) is 0 Å². The Balaban J connectivity index is 1.99. The fraction of sp³-hybridized carbons (Fsp3) is 0.263. The second kappa shape index (κ2) is 9.07. The Labute approximate surface area is 176 Å². The van der Waals surface area contributed by atoms with Gasteiger partial charge in [-0.05, 0) is 41.6 Å². The van der Waals surface area contributed by atoms with E-state index >= 15 is 0 Å². The molecule has 0 spiro atoms. The van der Waals surface area contributed by atoms with Crippen LogP contribution in [0.2, 0.25) is 0 Å². The molecule has 0 saturated carbocycles. The van der Waals surface area contributed by atoms with Crippen LogP contribution in [0.25, 0.3) is 5.69 Å². The molecule has 1 aromatic heterocycles. The van der Waals surface area contributed by atoms with Gasteiger partial charge in [-0.1, -0.05) is 11.2 Å². The van der Waals surface area contributed by atoms with Crippen molar-refractivity contribution in [1.82, 2.24) is 19.8 Å². The number of rotatable bonds is 8. The van der Waals surface area contributed by atoms with E-state index in [-0.39, 0.29) is 18.0 Å². The number of nitro benzene ring substituents is 1. The summed E-state index contributed by atoms with van der Waals surface area (Å²) in [5.74, 6) is 0.472. The third-order valence-electron chi connectivity index (χ3n) is 4.45. The Bertz CT molecular complexity index is 1200. The summed E-state index contributed by atoms with van der Waals surface area (Å²) >= 11 is 0. The van der Waals surface area contributed by atoms with Crippen molar-refractivity contribution >= 4 is 11.4 Å². The Kier molecular flexibility index (Phi) is 6.29. The van der Waals surface area contributed by atoms with Gasteiger partial charge < -0.3 is 14.3 Å². The largest absolute Gasteiger partial charge is 0.496 e. The highest BCUT2D eigenvalue weighted by atomic mass is 16.6. The van der Waals surface area contributed by atoms with Crippen LogP contribution in [0.3, 0.4) is 0 Å². The van der Waals surface area contributed by atoms with Gasteiger partial charge in [0.05, 0.1) is 29.0 Å². The minimum absolute atomic E-state index is 0.0438. The Morgan fingerprint density at radius 2 is 1.97 bits per heavy atom. The maximum atomic E-state index is 12.3. The molecule has 0 bridgehead atoms. The third kappa shape index (κ3) is 4.37. The molecule has 0 aliphatic heterocycles. The van der Waals surface area contributed by atoms with Crippen molar-refractivity contribution in [3.05, 3.63) is 68.1 Å². The van der Waals surface area contributed by atoms with E-state index in [1.165, 1.54) is 33.4 Å². The molecule has 2 aromatic carbocycles. The standard InChI is InChI=1S/C19H20N6O6/c1-12(20-30-4)13-8-9-18(16(10-13)25(27)28)31-11-14-15(6-5-7-17(14)29-3)24-19(26)23(2)21-22-24/h5-10H,11H2,1-4H3/b20-12+. The molecular weight excluding hydrogens is 408 g/mol. The predicted octanol–water partition coefficient (Wildman–Crippen LogP) is 1.83. The van der Waals surface area contributed by atoms with Gasteiger partial charge in [0.25, 0.3) is 0 Å². The number of hydrogen-bond donors (Lipinski definition) is 0. The molecule has 12 heteroatoms. The van der Waals surface area contributed by atoms with Crippen molar-refractivity contribution in [3.63, 3.8) is 0 Å². The van der Waals surface area contributed by atoms with E-state index in [1.54, 1.807) is 31.2 Å². The van der Waals surface area contributed by atoms with Crippen LogP contribution in [-0.2, 0) is 18.5 Å². The van der Waals surface area contributed by atoms with Crippen LogP contribution in [0.4, 0.5) is 5.69 Å². The van der Waals surface area contributed by atoms with Gasteiger partial charge >= 0.3 is 11.4 Å². The smallest absolute Gasteiger partial charge is 0.368 e. The zero-order chi connectivity index (χ0) is 22.5. The number of nitro groups is 1. The molecule has 3 rings (SSSR count). The van der Waals surface area contributed by atoms with Crippen LogP contribution >= 0.6 is 0 Å². The molecule has 31 heavy (non-hydrogen) atoms. The number of tetrazole rings is 1. The molecule has 1 heterocycles. The maximum Gasteiger partial charge on any atom is 0.368 e. The highest BCUT2D eigenvalue weighted by Gasteiger charge is 2.20. The second-order valence-electron chi connectivity index (χ2n) is 6.34. The van der Waals surface area contributed by atoms with Crippen LogP contribution < -0.4 is 15.2 Å². The summed E-state index contributed by atoms with van der Waals surface area (Å²) in [5.41, 5.74) is 1.16. The van der Waals surface area contributed by atoms with Crippen molar-refractivity contribution in [2.45, 2.75) is 13.5 Å². The van der Waals surface area contributed by atoms with E-state index in [9.17, 15) is 14.9 Å². The SMILES string of the molecule is CO/N=C(\C)c1ccc(OCc2c(OC)cccc2-n2nnn(C)c2=O)c([N+](=O)[O-])c1. The molecule has 0 N–H and O–H groups in total. The number of aryl methyl sites for hydroxylation is 1. The normalized spacial score (nSPS) is 11.3. The monoisotopic (exact) mass is 428 g/mol. The van der Waals surface area contributed by atoms with E-state index in [1.807, 2.05) is 0 Å². The van der Waals surface area contributed by atoms with Crippen molar-refractivity contribution in [3.8, 4) is 17.2 Å². The van der Waals surface area contributed by atoms with Gasteiger partial charge in [0, 0.05) is 18.7 Å². The van der Waals surface area contributed by atoms with Crippen molar-refractivity contribution in [1.29, 1.82) is 0 Å². The Morgan fingerprint density at radius 1 is 1.19 bits per heavy atom. The number of hydrogen-bond acceptors (Lipinski definition) is 9. The Hall–Kier alpha value is -4.22. The lowest BCUT2D eigenvalue weighted by Crippen LogP contribution is -2.23. The van der Waals surface area contributed by atoms with E-state index < -0.39 is 10.6 Å². The maximum absolute atomic E-state index is 12.3. The summed E-state index contributed by atoms with van der Waals surface area (Å²) in [6, 6.07) is 9.49. The third-order valence-corrected chi connectivity index (χ3v) is 4.45. The van der Waals surface area contributed by atoms with E-state index in [0.29, 0.717) is 28.3 Å².